The Hall–Kier alpha value is -0.870. The molecule has 0 aromatic carbocycles. The largest absolute Gasteiger partial charge is 0.378 e. The van der Waals surface area contributed by atoms with Gasteiger partial charge in [-0.3, -0.25) is 0 Å². The summed E-state index contributed by atoms with van der Waals surface area (Å²) in [4.78, 5) is 8.54. The number of halogens is 1. The van der Waals surface area contributed by atoms with Crippen molar-refractivity contribution >= 4 is 17.4 Å². The normalized spacial score (nSPS) is 13.8. The quantitative estimate of drug-likeness (QED) is 0.608. The van der Waals surface area contributed by atoms with E-state index in [4.69, 9.17) is 16.3 Å². The second kappa shape index (κ2) is 6.01. The number of nitrogens with zero attached hydrogens (tertiary/aromatic N) is 2. The number of hydrogen-bond acceptors (Lipinski definition) is 4. The number of fused-ring (bicyclic) bond motifs is 1. The number of anilines is 1. The Morgan fingerprint density at radius 1 is 1.31 bits per heavy atom. The molecule has 1 aliphatic rings. The van der Waals surface area contributed by atoms with Crippen LogP contribution in [0.3, 0.4) is 0 Å². The van der Waals surface area contributed by atoms with Crippen LogP contribution in [0, 0.1) is 0 Å². The molecule has 2 rings (SSSR count). The third-order valence-corrected chi connectivity index (χ3v) is 2.79. The molecule has 0 atom stereocenters. The van der Waals surface area contributed by atoms with Crippen LogP contribution in [0.15, 0.2) is 6.33 Å². The lowest BCUT2D eigenvalue weighted by molar-refractivity contribution is 0.160. The van der Waals surface area contributed by atoms with Gasteiger partial charge in [-0.1, -0.05) is 0 Å². The molecule has 4 nitrogen and oxygen atoms in total. The average Bonchev–Trinajstić information content (AvgIpc) is 2.77. The minimum absolute atomic E-state index is 0.545. The van der Waals surface area contributed by atoms with Gasteiger partial charge in [0.15, 0.2) is 0 Å². The van der Waals surface area contributed by atoms with Gasteiger partial charge in [0.05, 0.1) is 13.2 Å². The van der Waals surface area contributed by atoms with E-state index >= 15 is 0 Å². The van der Waals surface area contributed by atoms with Crippen molar-refractivity contribution in [3.05, 3.63) is 17.6 Å². The van der Waals surface area contributed by atoms with Crippen LogP contribution in [-0.2, 0) is 17.6 Å². The molecule has 0 saturated heterocycles. The lowest BCUT2D eigenvalue weighted by Gasteiger charge is -2.09. The maximum atomic E-state index is 5.51. The Balaban J connectivity index is 1.83. The zero-order valence-electron chi connectivity index (χ0n) is 9.21. The Bertz CT molecular complexity index is 346. The van der Waals surface area contributed by atoms with Crippen LogP contribution in [0.4, 0.5) is 5.82 Å². The zero-order valence-corrected chi connectivity index (χ0v) is 9.96. The SMILES string of the molecule is ClCCOCCNc1ncnc2c1CCC2. The topological polar surface area (TPSA) is 47.0 Å². The molecular formula is C11H16ClN3O. The van der Waals surface area contributed by atoms with Gasteiger partial charge in [-0.2, -0.15) is 0 Å². The van der Waals surface area contributed by atoms with E-state index in [-0.39, 0.29) is 0 Å². The van der Waals surface area contributed by atoms with E-state index in [0.717, 1.165) is 25.2 Å². The summed E-state index contributed by atoms with van der Waals surface area (Å²) < 4.78 is 5.29. The standard InChI is InChI=1S/C11H16ClN3O/c12-4-6-16-7-5-13-11-9-2-1-3-10(9)14-8-15-11/h8H,1-7H2,(H,13,14,15). The summed E-state index contributed by atoms with van der Waals surface area (Å²) in [7, 11) is 0. The zero-order chi connectivity index (χ0) is 11.2. The van der Waals surface area contributed by atoms with Gasteiger partial charge in [0.1, 0.15) is 12.1 Å². The van der Waals surface area contributed by atoms with E-state index in [0.29, 0.717) is 19.1 Å². The van der Waals surface area contributed by atoms with Crippen molar-refractivity contribution < 1.29 is 4.74 Å². The van der Waals surface area contributed by atoms with Gasteiger partial charge in [-0.15, -0.1) is 11.6 Å². The lowest BCUT2D eigenvalue weighted by atomic mass is 10.2. The first kappa shape index (κ1) is 11.6. The number of alkyl halides is 1. The molecule has 0 amide bonds. The molecule has 0 saturated carbocycles. The van der Waals surface area contributed by atoms with Crippen LogP contribution < -0.4 is 5.32 Å². The third kappa shape index (κ3) is 2.83. The number of hydrogen-bond donors (Lipinski definition) is 1. The number of aryl methyl sites for hydroxylation is 1. The van der Waals surface area contributed by atoms with Gasteiger partial charge >= 0.3 is 0 Å². The van der Waals surface area contributed by atoms with Crippen molar-refractivity contribution in [2.75, 3.05) is 31.0 Å². The highest BCUT2D eigenvalue weighted by atomic mass is 35.5. The molecule has 5 heteroatoms. The van der Waals surface area contributed by atoms with Gasteiger partial charge in [0.25, 0.3) is 0 Å². The molecule has 0 bridgehead atoms. The minimum atomic E-state index is 0.545. The number of rotatable bonds is 6. The van der Waals surface area contributed by atoms with Crippen molar-refractivity contribution in [2.45, 2.75) is 19.3 Å². The summed E-state index contributed by atoms with van der Waals surface area (Å²) >= 11 is 5.51. The highest BCUT2D eigenvalue weighted by Crippen LogP contribution is 2.24. The maximum Gasteiger partial charge on any atom is 0.132 e. The number of nitrogens with one attached hydrogen (secondary N) is 1. The second-order valence-electron chi connectivity index (χ2n) is 3.73. The Labute approximate surface area is 100 Å². The average molecular weight is 242 g/mol. The molecule has 1 aliphatic carbocycles. The molecule has 0 radical (unpaired) electrons. The fourth-order valence-corrected chi connectivity index (χ4v) is 2.02. The minimum Gasteiger partial charge on any atom is -0.378 e. The molecule has 0 fully saturated rings. The summed E-state index contributed by atoms with van der Waals surface area (Å²) in [5, 5.41) is 3.28. The van der Waals surface area contributed by atoms with Gasteiger partial charge in [-0.05, 0) is 19.3 Å². The van der Waals surface area contributed by atoms with Crippen LogP contribution in [0.5, 0.6) is 0 Å². The lowest BCUT2D eigenvalue weighted by Crippen LogP contribution is -2.13. The monoisotopic (exact) mass is 241 g/mol. The van der Waals surface area contributed by atoms with Crippen molar-refractivity contribution in [3.63, 3.8) is 0 Å². The molecule has 1 N–H and O–H groups in total. The second-order valence-corrected chi connectivity index (χ2v) is 4.11. The smallest absolute Gasteiger partial charge is 0.132 e. The predicted octanol–water partition coefficient (Wildman–Crippen LogP) is 1.63. The van der Waals surface area contributed by atoms with E-state index in [1.54, 1.807) is 6.33 Å². The molecule has 0 unspecified atom stereocenters. The first-order valence-electron chi connectivity index (χ1n) is 5.62. The van der Waals surface area contributed by atoms with Gasteiger partial charge in [0.2, 0.25) is 0 Å². The summed E-state index contributed by atoms with van der Waals surface area (Å²) in [6.45, 7) is 2.02. The summed E-state index contributed by atoms with van der Waals surface area (Å²) in [5.74, 6) is 1.51. The maximum absolute atomic E-state index is 5.51. The van der Waals surface area contributed by atoms with Crippen molar-refractivity contribution in [1.82, 2.24) is 9.97 Å². The Morgan fingerprint density at radius 3 is 3.12 bits per heavy atom. The first-order chi connectivity index (χ1) is 7.92. The third-order valence-electron chi connectivity index (χ3n) is 2.64. The molecule has 0 aliphatic heterocycles. The van der Waals surface area contributed by atoms with Crippen LogP contribution in [0.25, 0.3) is 0 Å². The summed E-state index contributed by atoms with van der Waals surface area (Å²) in [6.07, 6.45) is 4.98. The van der Waals surface area contributed by atoms with E-state index < -0.39 is 0 Å². The van der Waals surface area contributed by atoms with Gasteiger partial charge in [-0.25, -0.2) is 9.97 Å². The number of aromatic nitrogens is 2. The first-order valence-corrected chi connectivity index (χ1v) is 6.15. The molecule has 88 valence electrons. The molecule has 1 aromatic heterocycles. The van der Waals surface area contributed by atoms with Gasteiger partial charge < -0.3 is 10.1 Å². The van der Waals surface area contributed by atoms with E-state index in [1.165, 1.54) is 17.7 Å². The van der Waals surface area contributed by atoms with E-state index in [1.807, 2.05) is 0 Å². The van der Waals surface area contributed by atoms with E-state index in [2.05, 4.69) is 15.3 Å². The molecule has 1 aromatic rings. The summed E-state index contributed by atoms with van der Waals surface area (Å²) in [5.41, 5.74) is 2.47. The Kier molecular flexibility index (Phi) is 4.36. The van der Waals surface area contributed by atoms with Crippen molar-refractivity contribution in [1.29, 1.82) is 0 Å². The highest BCUT2D eigenvalue weighted by molar-refractivity contribution is 6.17. The highest BCUT2D eigenvalue weighted by Gasteiger charge is 2.16. The fraction of sp³-hybridized carbons (Fsp3) is 0.636. The van der Waals surface area contributed by atoms with Crippen LogP contribution in [0.2, 0.25) is 0 Å². The Morgan fingerprint density at radius 2 is 2.25 bits per heavy atom. The summed E-state index contributed by atoms with van der Waals surface area (Å²) in [6, 6.07) is 0. The van der Waals surface area contributed by atoms with Crippen LogP contribution in [-0.4, -0.2) is 35.6 Å². The van der Waals surface area contributed by atoms with Crippen LogP contribution >= 0.6 is 11.6 Å². The van der Waals surface area contributed by atoms with Crippen molar-refractivity contribution in [2.24, 2.45) is 0 Å². The van der Waals surface area contributed by atoms with Crippen molar-refractivity contribution in [3.8, 4) is 0 Å². The van der Waals surface area contributed by atoms with E-state index in [9.17, 15) is 0 Å². The number of ether oxygens (including phenoxy) is 1. The molecule has 1 heterocycles. The molecule has 16 heavy (non-hydrogen) atoms. The van der Waals surface area contributed by atoms with Gasteiger partial charge in [0, 0.05) is 23.7 Å². The van der Waals surface area contributed by atoms with Crippen LogP contribution in [0.1, 0.15) is 17.7 Å². The molecular weight excluding hydrogens is 226 g/mol. The fourth-order valence-electron chi connectivity index (χ4n) is 1.91. The molecule has 0 spiro atoms. The predicted molar refractivity (Wildman–Crippen MR) is 64.1 cm³/mol.